The van der Waals surface area contributed by atoms with E-state index in [9.17, 15) is 5.11 Å². The van der Waals surface area contributed by atoms with E-state index in [0.29, 0.717) is 5.92 Å². The zero-order valence-corrected chi connectivity index (χ0v) is 10.0. The minimum absolute atomic E-state index is 0.226. The predicted octanol–water partition coefficient (Wildman–Crippen LogP) is 2.06. The van der Waals surface area contributed by atoms with Crippen molar-refractivity contribution in [3.05, 3.63) is 33.4 Å². The van der Waals surface area contributed by atoms with Crippen LogP contribution in [0.25, 0.3) is 0 Å². The zero-order valence-electron chi connectivity index (χ0n) is 7.86. The summed E-state index contributed by atoms with van der Waals surface area (Å²) in [6, 6.07) is 7.75. The Kier molecular flexibility index (Phi) is 3.09. The van der Waals surface area contributed by atoms with Crippen LogP contribution in [0.5, 0.6) is 0 Å². The van der Waals surface area contributed by atoms with Crippen molar-refractivity contribution in [2.45, 2.75) is 25.0 Å². The van der Waals surface area contributed by atoms with E-state index in [1.54, 1.807) is 0 Å². The molecule has 1 saturated carbocycles. The van der Waals surface area contributed by atoms with E-state index in [4.69, 9.17) is 5.73 Å². The average molecular weight is 303 g/mol. The molecule has 2 atom stereocenters. The highest BCUT2D eigenvalue weighted by Crippen LogP contribution is 2.37. The van der Waals surface area contributed by atoms with Crippen molar-refractivity contribution < 1.29 is 5.11 Å². The van der Waals surface area contributed by atoms with Crippen LogP contribution >= 0.6 is 22.6 Å². The molecule has 14 heavy (non-hydrogen) atoms. The Labute approximate surface area is 97.6 Å². The molecule has 0 aliphatic heterocycles. The van der Waals surface area contributed by atoms with Crippen LogP contribution in [-0.4, -0.2) is 11.2 Å². The number of rotatable bonds is 3. The number of nitrogens with two attached hydrogens (primary N) is 1. The van der Waals surface area contributed by atoms with Gasteiger partial charge in [-0.25, -0.2) is 0 Å². The molecule has 0 spiro atoms. The molecule has 0 radical (unpaired) electrons. The maximum atomic E-state index is 9.91. The van der Waals surface area contributed by atoms with Gasteiger partial charge in [-0.1, -0.05) is 18.2 Å². The highest BCUT2D eigenvalue weighted by Gasteiger charge is 2.34. The molecule has 0 bridgehead atoms. The molecular weight excluding hydrogens is 289 g/mol. The molecule has 1 aromatic rings. The van der Waals surface area contributed by atoms with Gasteiger partial charge in [0, 0.05) is 3.57 Å². The predicted molar refractivity (Wildman–Crippen MR) is 64.8 cm³/mol. The van der Waals surface area contributed by atoms with Crippen molar-refractivity contribution in [2.24, 2.45) is 11.7 Å². The largest absolute Gasteiger partial charge is 0.391 e. The quantitative estimate of drug-likeness (QED) is 0.840. The summed E-state index contributed by atoms with van der Waals surface area (Å²) in [6.45, 7) is 0. The summed E-state index contributed by atoms with van der Waals surface area (Å²) >= 11 is 2.26. The first-order valence-corrected chi connectivity index (χ1v) is 5.96. The van der Waals surface area contributed by atoms with E-state index in [0.717, 1.165) is 22.0 Å². The topological polar surface area (TPSA) is 46.2 Å². The van der Waals surface area contributed by atoms with Crippen molar-refractivity contribution in [3.63, 3.8) is 0 Å². The Morgan fingerprint density at radius 3 is 2.57 bits per heavy atom. The first-order chi connectivity index (χ1) is 6.70. The van der Waals surface area contributed by atoms with Crippen LogP contribution in [0.2, 0.25) is 0 Å². The summed E-state index contributed by atoms with van der Waals surface area (Å²) in [7, 11) is 0. The minimum Gasteiger partial charge on any atom is -0.391 e. The van der Waals surface area contributed by atoms with E-state index < -0.39 is 0 Å². The Hall–Kier alpha value is -0.130. The van der Waals surface area contributed by atoms with Crippen LogP contribution in [0, 0.1) is 9.49 Å². The fourth-order valence-electron chi connectivity index (χ4n) is 1.66. The number of hydrogen-bond donors (Lipinski definition) is 2. The average Bonchev–Trinajstić information content (AvgIpc) is 3.00. The van der Waals surface area contributed by atoms with Crippen LogP contribution in [0.15, 0.2) is 24.3 Å². The molecule has 3 heteroatoms. The van der Waals surface area contributed by atoms with Gasteiger partial charge in [-0.05, 0) is 53.0 Å². The van der Waals surface area contributed by atoms with Gasteiger partial charge < -0.3 is 10.8 Å². The second kappa shape index (κ2) is 4.16. The molecule has 0 amide bonds. The summed E-state index contributed by atoms with van der Waals surface area (Å²) in [4.78, 5) is 0. The van der Waals surface area contributed by atoms with Gasteiger partial charge in [-0.3, -0.25) is 0 Å². The van der Waals surface area contributed by atoms with Gasteiger partial charge in [0.05, 0.1) is 12.1 Å². The summed E-state index contributed by atoms with van der Waals surface area (Å²) in [5.41, 5.74) is 7.09. The molecule has 0 saturated heterocycles. The van der Waals surface area contributed by atoms with Gasteiger partial charge in [0.25, 0.3) is 0 Å². The molecular formula is C11H14INO. The van der Waals surface area contributed by atoms with E-state index in [1.807, 2.05) is 24.3 Å². The second-order valence-electron chi connectivity index (χ2n) is 3.88. The summed E-state index contributed by atoms with van der Waals surface area (Å²) in [6.07, 6.45) is 1.88. The van der Waals surface area contributed by atoms with Crippen molar-refractivity contribution in [3.8, 4) is 0 Å². The molecule has 0 heterocycles. The first-order valence-electron chi connectivity index (χ1n) is 4.88. The molecule has 1 aliphatic rings. The maximum absolute atomic E-state index is 9.91. The third kappa shape index (κ3) is 2.10. The van der Waals surface area contributed by atoms with Crippen LogP contribution in [0.4, 0.5) is 0 Å². The number of hydrogen-bond acceptors (Lipinski definition) is 2. The minimum atomic E-state index is -0.370. The SMILES string of the molecule is N[C@H](c1ccccc1I)[C@@H](O)C1CC1. The Morgan fingerprint density at radius 2 is 2.00 bits per heavy atom. The third-order valence-electron chi connectivity index (χ3n) is 2.74. The Bertz CT molecular complexity index is 325. The van der Waals surface area contributed by atoms with Gasteiger partial charge in [0.15, 0.2) is 0 Å². The number of halogens is 1. The molecule has 1 aromatic carbocycles. The van der Waals surface area contributed by atoms with Gasteiger partial charge in [0.1, 0.15) is 0 Å². The first kappa shape index (κ1) is 10.4. The molecule has 0 unspecified atom stereocenters. The normalized spacial score (nSPS) is 20.5. The zero-order chi connectivity index (χ0) is 10.1. The lowest BCUT2D eigenvalue weighted by molar-refractivity contribution is 0.122. The highest BCUT2D eigenvalue weighted by molar-refractivity contribution is 14.1. The standard InChI is InChI=1S/C11H14INO/c12-9-4-2-1-3-8(9)10(13)11(14)7-5-6-7/h1-4,7,10-11,14H,5-6,13H2/t10-,11+/m1/s1. The number of aliphatic hydroxyl groups excluding tert-OH is 1. The summed E-state index contributed by atoms with van der Waals surface area (Å²) in [5, 5.41) is 9.91. The van der Waals surface area contributed by atoms with Gasteiger partial charge in [-0.2, -0.15) is 0 Å². The van der Waals surface area contributed by atoms with Crippen LogP contribution in [0.1, 0.15) is 24.4 Å². The number of aliphatic hydroxyl groups is 1. The van der Waals surface area contributed by atoms with E-state index >= 15 is 0 Å². The van der Waals surface area contributed by atoms with Gasteiger partial charge in [-0.15, -0.1) is 0 Å². The van der Waals surface area contributed by atoms with Crippen LogP contribution in [0.3, 0.4) is 0 Å². The monoisotopic (exact) mass is 303 g/mol. The lowest BCUT2D eigenvalue weighted by Gasteiger charge is -2.19. The van der Waals surface area contributed by atoms with Gasteiger partial charge >= 0.3 is 0 Å². The van der Waals surface area contributed by atoms with Crippen molar-refractivity contribution in [2.75, 3.05) is 0 Å². The lowest BCUT2D eigenvalue weighted by atomic mass is 9.99. The van der Waals surface area contributed by atoms with Crippen LogP contribution in [-0.2, 0) is 0 Å². The van der Waals surface area contributed by atoms with E-state index in [2.05, 4.69) is 22.6 Å². The molecule has 1 aliphatic carbocycles. The van der Waals surface area contributed by atoms with Crippen molar-refractivity contribution >= 4 is 22.6 Å². The Balaban J connectivity index is 2.17. The van der Waals surface area contributed by atoms with Crippen molar-refractivity contribution in [1.82, 2.24) is 0 Å². The Morgan fingerprint density at radius 1 is 1.36 bits per heavy atom. The third-order valence-corrected chi connectivity index (χ3v) is 3.72. The molecule has 2 nitrogen and oxygen atoms in total. The molecule has 0 aromatic heterocycles. The number of benzene rings is 1. The van der Waals surface area contributed by atoms with E-state index in [1.165, 1.54) is 0 Å². The summed E-state index contributed by atoms with van der Waals surface area (Å²) < 4.78 is 1.14. The lowest BCUT2D eigenvalue weighted by Crippen LogP contribution is -2.28. The molecule has 1 fully saturated rings. The van der Waals surface area contributed by atoms with Crippen molar-refractivity contribution in [1.29, 1.82) is 0 Å². The maximum Gasteiger partial charge on any atom is 0.0761 e. The fraction of sp³-hybridized carbons (Fsp3) is 0.455. The van der Waals surface area contributed by atoms with Crippen LogP contribution < -0.4 is 5.73 Å². The molecule has 2 rings (SSSR count). The molecule has 3 N–H and O–H groups in total. The van der Waals surface area contributed by atoms with Gasteiger partial charge in [0.2, 0.25) is 0 Å². The fourth-order valence-corrected chi connectivity index (χ4v) is 2.41. The highest BCUT2D eigenvalue weighted by atomic mass is 127. The molecule has 76 valence electrons. The smallest absolute Gasteiger partial charge is 0.0761 e. The van der Waals surface area contributed by atoms with E-state index in [-0.39, 0.29) is 12.1 Å². The second-order valence-corrected chi connectivity index (χ2v) is 5.04. The summed E-state index contributed by atoms with van der Waals surface area (Å²) in [5.74, 6) is 0.431.